The monoisotopic (exact) mass is 308 g/mol. The summed E-state index contributed by atoms with van der Waals surface area (Å²) >= 11 is 11.9. The molecule has 0 bridgehead atoms. The van der Waals surface area contributed by atoms with Gasteiger partial charge in [0.25, 0.3) is 0 Å². The Bertz CT molecular complexity index is 612. The van der Waals surface area contributed by atoms with Crippen LogP contribution in [0, 0.1) is 6.92 Å². The van der Waals surface area contributed by atoms with Crippen LogP contribution in [0.1, 0.15) is 5.56 Å². The van der Waals surface area contributed by atoms with Crippen LogP contribution >= 0.6 is 23.2 Å². The van der Waals surface area contributed by atoms with Crippen molar-refractivity contribution in [1.82, 2.24) is 0 Å². The Labute approximate surface area is 127 Å². The van der Waals surface area contributed by atoms with Crippen molar-refractivity contribution in [2.75, 3.05) is 17.2 Å². The van der Waals surface area contributed by atoms with E-state index >= 15 is 0 Å². The molecule has 2 aromatic carbocycles. The second-order valence-electron chi connectivity index (χ2n) is 4.37. The van der Waals surface area contributed by atoms with E-state index in [0.717, 1.165) is 11.3 Å². The van der Waals surface area contributed by atoms with Gasteiger partial charge in [-0.15, -0.1) is 0 Å². The van der Waals surface area contributed by atoms with Crippen molar-refractivity contribution < 1.29 is 4.79 Å². The molecule has 0 spiro atoms. The predicted molar refractivity (Wildman–Crippen MR) is 84.8 cm³/mol. The van der Waals surface area contributed by atoms with Crippen LogP contribution in [-0.2, 0) is 4.79 Å². The number of anilines is 2. The Morgan fingerprint density at radius 2 is 1.80 bits per heavy atom. The number of rotatable bonds is 4. The molecule has 0 aliphatic rings. The van der Waals surface area contributed by atoms with Gasteiger partial charge in [-0.25, -0.2) is 0 Å². The van der Waals surface area contributed by atoms with Crippen LogP contribution in [0.5, 0.6) is 0 Å². The molecule has 3 nitrogen and oxygen atoms in total. The smallest absolute Gasteiger partial charge is 0.243 e. The Balaban J connectivity index is 1.92. The maximum absolute atomic E-state index is 11.8. The highest BCUT2D eigenvalue weighted by atomic mass is 35.5. The number of nitrogens with one attached hydrogen (secondary N) is 2. The lowest BCUT2D eigenvalue weighted by molar-refractivity contribution is -0.114. The third kappa shape index (κ3) is 3.89. The Morgan fingerprint density at radius 1 is 1.10 bits per heavy atom. The van der Waals surface area contributed by atoms with E-state index in [4.69, 9.17) is 23.2 Å². The molecule has 0 atom stereocenters. The van der Waals surface area contributed by atoms with Crippen molar-refractivity contribution in [2.45, 2.75) is 6.92 Å². The molecule has 0 saturated heterocycles. The molecule has 0 unspecified atom stereocenters. The van der Waals surface area contributed by atoms with E-state index < -0.39 is 0 Å². The topological polar surface area (TPSA) is 41.1 Å². The molecular formula is C15H14Cl2N2O. The van der Waals surface area contributed by atoms with Crippen molar-refractivity contribution in [3.05, 3.63) is 58.1 Å². The summed E-state index contributed by atoms with van der Waals surface area (Å²) in [5.74, 6) is -0.148. The van der Waals surface area contributed by atoms with Crippen LogP contribution in [0.25, 0.3) is 0 Å². The van der Waals surface area contributed by atoms with Crippen LogP contribution in [0.4, 0.5) is 11.4 Å². The molecule has 0 aliphatic carbocycles. The molecule has 0 aromatic heterocycles. The maximum atomic E-state index is 11.8. The molecule has 2 rings (SSSR count). The minimum absolute atomic E-state index is 0.119. The zero-order chi connectivity index (χ0) is 14.5. The summed E-state index contributed by atoms with van der Waals surface area (Å²) in [6.07, 6.45) is 0. The van der Waals surface area contributed by atoms with Gasteiger partial charge in [0.15, 0.2) is 0 Å². The molecule has 0 aliphatic heterocycles. The Hall–Kier alpha value is -1.71. The summed E-state index contributed by atoms with van der Waals surface area (Å²) in [6.45, 7) is 2.11. The van der Waals surface area contributed by atoms with Crippen molar-refractivity contribution >= 4 is 40.5 Å². The Kier molecular flexibility index (Phi) is 4.88. The first-order valence-electron chi connectivity index (χ1n) is 6.10. The summed E-state index contributed by atoms with van der Waals surface area (Å²) in [5, 5.41) is 6.62. The number of carbonyl (C=O) groups excluding carboxylic acids is 1. The molecule has 0 saturated carbocycles. The second-order valence-corrected chi connectivity index (χ2v) is 5.15. The standard InChI is InChI=1S/C15H14Cl2N2O/c1-10-5-7-11(8-6-10)19-14(20)9-18-13-4-2-3-12(16)15(13)17/h2-8,18H,9H2,1H3,(H,19,20). The lowest BCUT2D eigenvalue weighted by Crippen LogP contribution is -2.21. The highest BCUT2D eigenvalue weighted by molar-refractivity contribution is 6.43. The minimum Gasteiger partial charge on any atom is -0.375 e. The van der Waals surface area contributed by atoms with E-state index in [0.29, 0.717) is 15.7 Å². The van der Waals surface area contributed by atoms with Gasteiger partial charge in [0.1, 0.15) is 0 Å². The molecule has 0 radical (unpaired) electrons. The summed E-state index contributed by atoms with van der Waals surface area (Å²) in [5.41, 5.74) is 2.55. The molecule has 2 N–H and O–H groups in total. The number of carbonyl (C=O) groups is 1. The minimum atomic E-state index is -0.148. The van der Waals surface area contributed by atoms with E-state index in [-0.39, 0.29) is 12.5 Å². The highest BCUT2D eigenvalue weighted by Gasteiger charge is 2.06. The molecule has 5 heteroatoms. The highest BCUT2D eigenvalue weighted by Crippen LogP contribution is 2.29. The lowest BCUT2D eigenvalue weighted by atomic mass is 10.2. The average molecular weight is 309 g/mol. The van der Waals surface area contributed by atoms with Gasteiger partial charge in [-0.05, 0) is 31.2 Å². The van der Waals surface area contributed by atoms with Crippen LogP contribution in [0.15, 0.2) is 42.5 Å². The largest absolute Gasteiger partial charge is 0.375 e. The van der Waals surface area contributed by atoms with Crippen LogP contribution in [0.3, 0.4) is 0 Å². The van der Waals surface area contributed by atoms with E-state index in [9.17, 15) is 4.79 Å². The fraction of sp³-hybridized carbons (Fsp3) is 0.133. The maximum Gasteiger partial charge on any atom is 0.243 e. The van der Waals surface area contributed by atoms with Crippen LogP contribution in [-0.4, -0.2) is 12.5 Å². The first-order valence-corrected chi connectivity index (χ1v) is 6.86. The fourth-order valence-electron chi connectivity index (χ4n) is 1.66. The van der Waals surface area contributed by atoms with Gasteiger partial charge >= 0.3 is 0 Å². The van der Waals surface area contributed by atoms with Crippen LogP contribution < -0.4 is 10.6 Å². The molecule has 1 amide bonds. The van der Waals surface area contributed by atoms with Crippen molar-refractivity contribution in [3.63, 3.8) is 0 Å². The molecule has 0 fully saturated rings. The molecule has 104 valence electrons. The Morgan fingerprint density at radius 3 is 2.50 bits per heavy atom. The van der Waals surface area contributed by atoms with Crippen molar-refractivity contribution in [3.8, 4) is 0 Å². The fourth-order valence-corrected chi connectivity index (χ4v) is 2.03. The number of hydrogen-bond acceptors (Lipinski definition) is 2. The van der Waals surface area contributed by atoms with Crippen molar-refractivity contribution in [2.24, 2.45) is 0 Å². The molecule has 0 heterocycles. The van der Waals surface area contributed by atoms with E-state index in [1.165, 1.54) is 0 Å². The summed E-state index contributed by atoms with van der Waals surface area (Å²) in [4.78, 5) is 11.8. The van der Waals surface area contributed by atoms with E-state index in [2.05, 4.69) is 10.6 Å². The SMILES string of the molecule is Cc1ccc(NC(=O)CNc2cccc(Cl)c2Cl)cc1. The van der Waals surface area contributed by atoms with E-state index in [1.807, 2.05) is 31.2 Å². The summed E-state index contributed by atoms with van der Waals surface area (Å²) in [7, 11) is 0. The van der Waals surface area contributed by atoms with Gasteiger partial charge in [0, 0.05) is 5.69 Å². The van der Waals surface area contributed by atoms with Gasteiger partial charge in [-0.2, -0.15) is 0 Å². The third-order valence-electron chi connectivity index (χ3n) is 2.73. The molecule has 20 heavy (non-hydrogen) atoms. The van der Waals surface area contributed by atoms with Gasteiger partial charge in [-0.1, -0.05) is 47.0 Å². The first kappa shape index (κ1) is 14.7. The molecular weight excluding hydrogens is 295 g/mol. The summed E-state index contributed by atoms with van der Waals surface area (Å²) < 4.78 is 0. The number of halogens is 2. The van der Waals surface area contributed by atoms with Gasteiger partial charge < -0.3 is 10.6 Å². The lowest BCUT2D eigenvalue weighted by Gasteiger charge is -2.10. The first-order chi connectivity index (χ1) is 9.56. The third-order valence-corrected chi connectivity index (χ3v) is 3.55. The predicted octanol–water partition coefficient (Wildman–Crippen LogP) is 4.35. The second kappa shape index (κ2) is 6.64. The van der Waals surface area contributed by atoms with Gasteiger partial charge in [0.2, 0.25) is 5.91 Å². The van der Waals surface area contributed by atoms with Crippen LogP contribution in [0.2, 0.25) is 10.0 Å². The molecule has 2 aromatic rings. The van der Waals surface area contributed by atoms with Gasteiger partial charge in [-0.3, -0.25) is 4.79 Å². The van der Waals surface area contributed by atoms with Gasteiger partial charge in [0.05, 0.1) is 22.3 Å². The normalized spacial score (nSPS) is 10.2. The summed E-state index contributed by atoms with van der Waals surface area (Å²) in [6, 6.07) is 12.8. The zero-order valence-corrected chi connectivity index (χ0v) is 12.4. The number of benzene rings is 2. The van der Waals surface area contributed by atoms with E-state index in [1.54, 1.807) is 18.2 Å². The average Bonchev–Trinajstić information content (AvgIpc) is 2.43. The zero-order valence-electron chi connectivity index (χ0n) is 10.9. The van der Waals surface area contributed by atoms with Crippen molar-refractivity contribution in [1.29, 1.82) is 0 Å². The number of amides is 1. The number of aryl methyl sites for hydroxylation is 1. The quantitative estimate of drug-likeness (QED) is 0.881. The number of hydrogen-bond donors (Lipinski definition) is 2.